The zero-order valence-corrected chi connectivity index (χ0v) is 17.6. The molecule has 2 rings (SSSR count). The molecule has 0 heterocycles. The van der Waals surface area contributed by atoms with E-state index in [4.69, 9.17) is 9.47 Å². The number of carbonyl (C=O) groups excluding carboxylic acids is 2. The first-order valence-electron chi connectivity index (χ1n) is 9.09. The molecule has 0 aliphatic rings. The van der Waals surface area contributed by atoms with Gasteiger partial charge in [0.15, 0.2) is 11.5 Å². The van der Waals surface area contributed by atoms with Crippen LogP contribution in [0.4, 0.5) is 8.78 Å². The van der Waals surface area contributed by atoms with Crippen LogP contribution in [0.1, 0.15) is 22.8 Å². The van der Waals surface area contributed by atoms with E-state index in [-0.39, 0.29) is 29.9 Å². The third-order valence-corrected chi connectivity index (χ3v) is 5.27. The number of hydrogen-bond donors (Lipinski definition) is 1. The van der Waals surface area contributed by atoms with Crippen molar-refractivity contribution in [2.24, 2.45) is 0 Å². The van der Waals surface area contributed by atoms with E-state index in [9.17, 15) is 18.4 Å². The molecule has 1 amide bonds. The molecule has 2 aromatic carbocycles. The minimum atomic E-state index is -2.96. The van der Waals surface area contributed by atoms with Crippen molar-refractivity contribution in [1.29, 1.82) is 0 Å². The fourth-order valence-electron chi connectivity index (χ4n) is 2.64. The second kappa shape index (κ2) is 11.4. The molecule has 0 saturated heterocycles. The van der Waals surface area contributed by atoms with Crippen LogP contribution in [0.15, 0.2) is 47.4 Å². The SMILES string of the molecule is COC(=O)C(C)Sc1ccccc1C(=O)NCCc1ccc(OC)c(OC(F)F)c1. The Hall–Kier alpha value is -2.81. The highest BCUT2D eigenvalue weighted by atomic mass is 32.2. The van der Waals surface area contributed by atoms with Crippen molar-refractivity contribution >= 4 is 23.6 Å². The number of ether oxygens (including phenoxy) is 3. The number of nitrogens with one attached hydrogen (secondary N) is 1. The third kappa shape index (κ3) is 6.62. The summed E-state index contributed by atoms with van der Waals surface area (Å²) in [5, 5.41) is 2.34. The summed E-state index contributed by atoms with van der Waals surface area (Å²) in [6.07, 6.45) is 0.406. The zero-order valence-electron chi connectivity index (χ0n) is 16.8. The van der Waals surface area contributed by atoms with Crippen molar-refractivity contribution in [2.75, 3.05) is 20.8 Å². The van der Waals surface area contributed by atoms with Crippen LogP contribution >= 0.6 is 11.8 Å². The van der Waals surface area contributed by atoms with Crippen LogP contribution in [0.25, 0.3) is 0 Å². The monoisotopic (exact) mass is 439 g/mol. The number of methoxy groups -OCH3 is 2. The normalized spacial score (nSPS) is 11.7. The molecule has 1 atom stereocenters. The molecule has 0 fully saturated rings. The highest BCUT2D eigenvalue weighted by Gasteiger charge is 2.19. The molecule has 0 bridgehead atoms. The Kier molecular flexibility index (Phi) is 8.91. The Bertz CT molecular complexity index is 878. The second-order valence-electron chi connectivity index (χ2n) is 6.15. The number of carbonyl (C=O) groups is 2. The fourth-order valence-corrected chi connectivity index (χ4v) is 3.66. The van der Waals surface area contributed by atoms with Gasteiger partial charge in [-0.2, -0.15) is 8.78 Å². The smallest absolute Gasteiger partial charge is 0.387 e. The first-order valence-corrected chi connectivity index (χ1v) is 9.97. The molecule has 6 nitrogen and oxygen atoms in total. The van der Waals surface area contributed by atoms with Gasteiger partial charge in [0.05, 0.1) is 19.8 Å². The summed E-state index contributed by atoms with van der Waals surface area (Å²) in [7, 11) is 2.68. The van der Waals surface area contributed by atoms with Crippen molar-refractivity contribution in [3.63, 3.8) is 0 Å². The van der Waals surface area contributed by atoms with E-state index in [0.29, 0.717) is 22.4 Å². The molecule has 1 unspecified atom stereocenters. The van der Waals surface area contributed by atoms with Gasteiger partial charge in [0, 0.05) is 11.4 Å². The van der Waals surface area contributed by atoms with Crippen LogP contribution < -0.4 is 14.8 Å². The Morgan fingerprint density at radius 3 is 2.50 bits per heavy atom. The molecule has 0 aliphatic heterocycles. The molecule has 9 heteroatoms. The van der Waals surface area contributed by atoms with E-state index in [1.54, 1.807) is 37.3 Å². The molecule has 0 radical (unpaired) electrons. The van der Waals surface area contributed by atoms with Crippen molar-refractivity contribution in [3.05, 3.63) is 53.6 Å². The zero-order chi connectivity index (χ0) is 22.1. The van der Waals surface area contributed by atoms with Crippen LogP contribution in [0, 0.1) is 0 Å². The summed E-state index contributed by atoms with van der Waals surface area (Å²) in [4.78, 5) is 24.9. The van der Waals surface area contributed by atoms with Gasteiger partial charge in [-0.05, 0) is 43.2 Å². The molecule has 0 saturated carbocycles. The minimum Gasteiger partial charge on any atom is -0.493 e. The molecule has 0 aliphatic carbocycles. The van der Waals surface area contributed by atoms with E-state index in [0.717, 1.165) is 0 Å². The lowest BCUT2D eigenvalue weighted by atomic mass is 10.1. The quantitative estimate of drug-likeness (QED) is 0.447. The largest absolute Gasteiger partial charge is 0.493 e. The maximum absolute atomic E-state index is 12.6. The van der Waals surface area contributed by atoms with Crippen LogP contribution in [-0.4, -0.2) is 44.5 Å². The molecule has 162 valence electrons. The van der Waals surface area contributed by atoms with Crippen molar-refractivity contribution < 1.29 is 32.6 Å². The van der Waals surface area contributed by atoms with Gasteiger partial charge in [-0.15, -0.1) is 11.8 Å². The van der Waals surface area contributed by atoms with Gasteiger partial charge in [-0.3, -0.25) is 9.59 Å². The van der Waals surface area contributed by atoms with Gasteiger partial charge < -0.3 is 19.5 Å². The van der Waals surface area contributed by atoms with Gasteiger partial charge >= 0.3 is 12.6 Å². The highest BCUT2D eigenvalue weighted by Crippen LogP contribution is 2.30. The van der Waals surface area contributed by atoms with Crippen LogP contribution in [0.3, 0.4) is 0 Å². The molecular weight excluding hydrogens is 416 g/mol. The second-order valence-corrected chi connectivity index (χ2v) is 7.53. The van der Waals surface area contributed by atoms with Gasteiger partial charge in [-0.25, -0.2) is 0 Å². The third-order valence-electron chi connectivity index (χ3n) is 4.11. The fraction of sp³-hybridized carbons (Fsp3) is 0.333. The maximum Gasteiger partial charge on any atom is 0.387 e. The lowest BCUT2D eigenvalue weighted by Gasteiger charge is -2.14. The van der Waals surface area contributed by atoms with Gasteiger partial charge in [0.25, 0.3) is 5.91 Å². The minimum absolute atomic E-state index is 0.0603. The average Bonchev–Trinajstić information content (AvgIpc) is 2.73. The highest BCUT2D eigenvalue weighted by molar-refractivity contribution is 8.00. The van der Waals surface area contributed by atoms with E-state index in [1.165, 1.54) is 38.1 Å². The van der Waals surface area contributed by atoms with Crippen LogP contribution in [-0.2, 0) is 16.0 Å². The number of benzene rings is 2. The lowest BCUT2D eigenvalue weighted by molar-refractivity contribution is -0.139. The predicted molar refractivity (Wildman–Crippen MR) is 109 cm³/mol. The summed E-state index contributed by atoms with van der Waals surface area (Å²) in [6.45, 7) is -0.978. The Balaban J connectivity index is 2.01. The number of esters is 1. The van der Waals surface area contributed by atoms with Crippen molar-refractivity contribution in [2.45, 2.75) is 30.1 Å². The first-order chi connectivity index (χ1) is 14.3. The van der Waals surface area contributed by atoms with Gasteiger partial charge in [-0.1, -0.05) is 18.2 Å². The van der Waals surface area contributed by atoms with E-state index >= 15 is 0 Å². The summed E-state index contributed by atoms with van der Waals surface area (Å²) < 4.78 is 39.3. The van der Waals surface area contributed by atoms with Gasteiger partial charge in [0.1, 0.15) is 5.25 Å². The van der Waals surface area contributed by atoms with E-state index < -0.39 is 11.9 Å². The number of alkyl halides is 2. The number of rotatable bonds is 10. The number of amides is 1. The van der Waals surface area contributed by atoms with E-state index in [2.05, 4.69) is 10.1 Å². The van der Waals surface area contributed by atoms with E-state index in [1.807, 2.05) is 0 Å². The summed E-state index contributed by atoms with van der Waals surface area (Å²) in [5.41, 5.74) is 1.14. The first kappa shape index (κ1) is 23.5. The summed E-state index contributed by atoms with van der Waals surface area (Å²) in [6, 6.07) is 11.7. The molecule has 2 aromatic rings. The summed E-state index contributed by atoms with van der Waals surface area (Å²) in [5.74, 6) is -0.534. The number of hydrogen-bond acceptors (Lipinski definition) is 6. The molecule has 0 aromatic heterocycles. The predicted octanol–water partition coefficient (Wildman–Crippen LogP) is 3.92. The Morgan fingerprint density at radius 1 is 1.10 bits per heavy atom. The Morgan fingerprint density at radius 2 is 1.83 bits per heavy atom. The van der Waals surface area contributed by atoms with Crippen molar-refractivity contribution in [1.82, 2.24) is 5.32 Å². The molecule has 1 N–H and O–H groups in total. The number of halogens is 2. The molecular formula is C21H23F2NO5S. The standard InChI is InChI=1S/C21H23F2NO5S/c1-13(20(26)28-3)30-18-7-5-4-6-15(18)19(25)24-11-10-14-8-9-16(27-2)17(12-14)29-21(22)23/h4-9,12-13,21H,10-11H2,1-3H3,(H,24,25). The topological polar surface area (TPSA) is 73.9 Å². The molecule has 30 heavy (non-hydrogen) atoms. The summed E-state index contributed by atoms with van der Waals surface area (Å²) >= 11 is 1.24. The Labute approximate surface area is 177 Å². The van der Waals surface area contributed by atoms with Crippen molar-refractivity contribution in [3.8, 4) is 11.5 Å². The van der Waals surface area contributed by atoms with Gasteiger partial charge in [0.2, 0.25) is 0 Å². The van der Waals surface area contributed by atoms with Crippen LogP contribution in [0.2, 0.25) is 0 Å². The average molecular weight is 439 g/mol. The lowest BCUT2D eigenvalue weighted by Crippen LogP contribution is -2.26. The number of thioether (sulfide) groups is 1. The van der Waals surface area contributed by atoms with Crippen LogP contribution in [0.5, 0.6) is 11.5 Å². The molecule has 0 spiro atoms. The maximum atomic E-state index is 12.6.